The third-order valence-electron chi connectivity index (χ3n) is 2.96. The van der Waals surface area contributed by atoms with Gasteiger partial charge in [0.15, 0.2) is 5.78 Å². The molecule has 0 heterocycles. The summed E-state index contributed by atoms with van der Waals surface area (Å²) in [5.41, 5.74) is 8.96. The third kappa shape index (κ3) is 2.94. The van der Waals surface area contributed by atoms with E-state index < -0.39 is 0 Å². The van der Waals surface area contributed by atoms with Crippen molar-refractivity contribution >= 4 is 11.5 Å². The van der Waals surface area contributed by atoms with Gasteiger partial charge in [0.1, 0.15) is 11.5 Å². The van der Waals surface area contributed by atoms with Crippen LogP contribution in [0.15, 0.2) is 36.4 Å². The van der Waals surface area contributed by atoms with Gasteiger partial charge in [-0.2, -0.15) is 0 Å². The van der Waals surface area contributed by atoms with Gasteiger partial charge in [-0.1, -0.05) is 17.7 Å². The molecule has 98 valence electrons. The number of carbonyl (C=O) groups excluding carboxylic acids is 1. The fourth-order valence-corrected chi connectivity index (χ4v) is 1.94. The number of ketones is 1. The van der Waals surface area contributed by atoms with E-state index in [1.54, 1.807) is 18.2 Å². The van der Waals surface area contributed by atoms with Crippen LogP contribution < -0.4 is 10.5 Å². The van der Waals surface area contributed by atoms with Gasteiger partial charge in [-0.05, 0) is 50.6 Å². The van der Waals surface area contributed by atoms with E-state index in [2.05, 4.69) is 6.07 Å². The van der Waals surface area contributed by atoms with E-state index >= 15 is 0 Å². The van der Waals surface area contributed by atoms with Crippen LogP contribution in [0.4, 0.5) is 5.69 Å². The molecule has 3 nitrogen and oxygen atoms in total. The molecule has 0 unspecified atom stereocenters. The van der Waals surface area contributed by atoms with Crippen molar-refractivity contribution in [1.82, 2.24) is 0 Å². The van der Waals surface area contributed by atoms with Gasteiger partial charge in [-0.15, -0.1) is 0 Å². The zero-order valence-corrected chi connectivity index (χ0v) is 11.4. The van der Waals surface area contributed by atoms with E-state index in [-0.39, 0.29) is 5.78 Å². The molecular formula is C16H17NO2. The minimum atomic E-state index is -0.0661. The summed E-state index contributed by atoms with van der Waals surface area (Å²) < 4.78 is 5.80. The fourth-order valence-electron chi connectivity index (χ4n) is 1.94. The van der Waals surface area contributed by atoms with Crippen LogP contribution in [0.5, 0.6) is 11.5 Å². The van der Waals surface area contributed by atoms with Crippen LogP contribution in [0, 0.1) is 13.8 Å². The van der Waals surface area contributed by atoms with Gasteiger partial charge in [0.2, 0.25) is 0 Å². The quantitative estimate of drug-likeness (QED) is 0.669. The zero-order chi connectivity index (χ0) is 14.0. The van der Waals surface area contributed by atoms with Gasteiger partial charge in [0.05, 0.1) is 0 Å². The van der Waals surface area contributed by atoms with Crippen LogP contribution >= 0.6 is 0 Å². The molecule has 2 aromatic carbocycles. The molecule has 0 spiro atoms. The van der Waals surface area contributed by atoms with E-state index in [0.717, 1.165) is 11.3 Å². The predicted octanol–water partition coefficient (Wildman–Crippen LogP) is 3.88. The lowest BCUT2D eigenvalue weighted by Gasteiger charge is -2.11. The molecule has 0 radical (unpaired) electrons. The highest BCUT2D eigenvalue weighted by Gasteiger charge is 2.08. The normalized spacial score (nSPS) is 10.3. The van der Waals surface area contributed by atoms with Gasteiger partial charge in [-0.3, -0.25) is 4.79 Å². The molecular weight excluding hydrogens is 238 g/mol. The van der Waals surface area contributed by atoms with E-state index in [1.807, 2.05) is 26.0 Å². The molecule has 19 heavy (non-hydrogen) atoms. The van der Waals surface area contributed by atoms with Crippen LogP contribution in [0.1, 0.15) is 28.4 Å². The van der Waals surface area contributed by atoms with Crippen LogP contribution in [0.25, 0.3) is 0 Å². The van der Waals surface area contributed by atoms with Crippen LogP contribution in [0.2, 0.25) is 0 Å². The standard InChI is InChI=1S/C16H17NO2/c1-10-4-7-16(11(2)8-10)19-13-5-6-15(17)14(9-13)12(3)18/h4-9H,17H2,1-3H3. The maximum absolute atomic E-state index is 11.4. The molecule has 0 aliphatic carbocycles. The molecule has 0 amide bonds. The van der Waals surface area contributed by atoms with E-state index in [0.29, 0.717) is 17.0 Å². The van der Waals surface area contributed by atoms with Crippen molar-refractivity contribution in [3.63, 3.8) is 0 Å². The molecule has 0 aromatic heterocycles. The van der Waals surface area contributed by atoms with Crippen molar-refractivity contribution in [2.24, 2.45) is 0 Å². The molecule has 0 saturated carbocycles. The van der Waals surface area contributed by atoms with Crippen molar-refractivity contribution in [3.05, 3.63) is 53.1 Å². The number of hydrogen-bond donors (Lipinski definition) is 1. The lowest BCUT2D eigenvalue weighted by molar-refractivity contribution is 0.101. The number of Topliss-reactive ketones (excluding diaryl/α,β-unsaturated/α-hetero) is 1. The van der Waals surface area contributed by atoms with Crippen molar-refractivity contribution in [2.75, 3.05) is 5.73 Å². The van der Waals surface area contributed by atoms with E-state index in [4.69, 9.17) is 10.5 Å². The zero-order valence-electron chi connectivity index (χ0n) is 11.4. The smallest absolute Gasteiger partial charge is 0.162 e. The van der Waals surface area contributed by atoms with Gasteiger partial charge in [0, 0.05) is 11.3 Å². The van der Waals surface area contributed by atoms with Crippen molar-refractivity contribution < 1.29 is 9.53 Å². The van der Waals surface area contributed by atoms with Crippen molar-refractivity contribution in [3.8, 4) is 11.5 Å². The fraction of sp³-hybridized carbons (Fsp3) is 0.188. The highest BCUT2D eigenvalue weighted by molar-refractivity contribution is 5.99. The summed E-state index contributed by atoms with van der Waals surface area (Å²) in [6.45, 7) is 5.52. The maximum atomic E-state index is 11.4. The Balaban J connectivity index is 2.33. The Bertz CT molecular complexity index is 633. The Morgan fingerprint density at radius 1 is 1.11 bits per heavy atom. The number of hydrogen-bond acceptors (Lipinski definition) is 3. The molecule has 3 heteroatoms. The first-order valence-electron chi connectivity index (χ1n) is 6.13. The predicted molar refractivity (Wildman–Crippen MR) is 76.8 cm³/mol. The first-order valence-corrected chi connectivity index (χ1v) is 6.13. The van der Waals surface area contributed by atoms with Crippen LogP contribution in [-0.2, 0) is 0 Å². The lowest BCUT2D eigenvalue weighted by Crippen LogP contribution is -2.00. The van der Waals surface area contributed by atoms with Crippen molar-refractivity contribution in [1.29, 1.82) is 0 Å². The van der Waals surface area contributed by atoms with E-state index in [1.165, 1.54) is 12.5 Å². The van der Waals surface area contributed by atoms with E-state index in [9.17, 15) is 4.79 Å². The number of aryl methyl sites for hydroxylation is 2. The number of ether oxygens (including phenoxy) is 1. The second-order valence-electron chi connectivity index (χ2n) is 4.68. The number of nitrogens with two attached hydrogens (primary N) is 1. The Kier molecular flexibility index (Phi) is 3.56. The second-order valence-corrected chi connectivity index (χ2v) is 4.68. The average Bonchev–Trinajstić information content (AvgIpc) is 2.34. The van der Waals surface area contributed by atoms with Crippen LogP contribution in [-0.4, -0.2) is 5.78 Å². The number of rotatable bonds is 3. The van der Waals surface area contributed by atoms with Crippen molar-refractivity contribution in [2.45, 2.75) is 20.8 Å². The monoisotopic (exact) mass is 255 g/mol. The molecule has 0 atom stereocenters. The summed E-state index contributed by atoms with van der Waals surface area (Å²) in [6.07, 6.45) is 0. The first-order chi connectivity index (χ1) is 8.97. The molecule has 2 aromatic rings. The summed E-state index contributed by atoms with van der Waals surface area (Å²) >= 11 is 0. The average molecular weight is 255 g/mol. The SMILES string of the molecule is CC(=O)c1cc(Oc2ccc(C)cc2C)ccc1N. The molecule has 0 aliphatic rings. The maximum Gasteiger partial charge on any atom is 0.162 e. The Hall–Kier alpha value is -2.29. The summed E-state index contributed by atoms with van der Waals surface area (Å²) in [6, 6.07) is 11.1. The Morgan fingerprint density at radius 2 is 1.84 bits per heavy atom. The number of nitrogen functional groups attached to an aromatic ring is 1. The van der Waals surface area contributed by atoms with Gasteiger partial charge in [0.25, 0.3) is 0 Å². The molecule has 2 rings (SSSR count). The van der Waals surface area contributed by atoms with Crippen LogP contribution in [0.3, 0.4) is 0 Å². The minimum Gasteiger partial charge on any atom is -0.457 e. The summed E-state index contributed by atoms with van der Waals surface area (Å²) in [4.78, 5) is 11.4. The molecule has 2 N–H and O–H groups in total. The number of benzene rings is 2. The third-order valence-corrected chi connectivity index (χ3v) is 2.96. The first kappa shape index (κ1) is 13.1. The lowest BCUT2D eigenvalue weighted by atomic mass is 10.1. The van der Waals surface area contributed by atoms with Gasteiger partial charge >= 0.3 is 0 Å². The van der Waals surface area contributed by atoms with Gasteiger partial charge < -0.3 is 10.5 Å². The summed E-state index contributed by atoms with van der Waals surface area (Å²) in [5, 5.41) is 0. The van der Waals surface area contributed by atoms with Gasteiger partial charge in [-0.25, -0.2) is 0 Å². The summed E-state index contributed by atoms with van der Waals surface area (Å²) in [5.74, 6) is 1.33. The molecule has 0 aliphatic heterocycles. The molecule has 0 fully saturated rings. The summed E-state index contributed by atoms with van der Waals surface area (Å²) in [7, 11) is 0. The molecule has 0 bridgehead atoms. The minimum absolute atomic E-state index is 0.0661. The second kappa shape index (κ2) is 5.14. The largest absolute Gasteiger partial charge is 0.457 e. The number of anilines is 1. The highest BCUT2D eigenvalue weighted by atomic mass is 16.5. The Labute approximate surface area is 113 Å². The highest BCUT2D eigenvalue weighted by Crippen LogP contribution is 2.28. The Morgan fingerprint density at radius 3 is 2.47 bits per heavy atom. The molecule has 0 saturated heterocycles. The topological polar surface area (TPSA) is 52.3 Å². The number of carbonyl (C=O) groups is 1.